The minimum atomic E-state index is -3.56. The molecule has 1 aromatic heterocycles. The summed E-state index contributed by atoms with van der Waals surface area (Å²) in [5.74, 6) is 0. The van der Waals surface area contributed by atoms with Crippen LogP contribution in [0.25, 0.3) is 0 Å². The Kier molecular flexibility index (Phi) is 3.69. The van der Waals surface area contributed by atoms with Crippen molar-refractivity contribution in [3.05, 3.63) is 42.2 Å². The van der Waals surface area contributed by atoms with Gasteiger partial charge in [-0.15, -0.1) is 0 Å². The summed E-state index contributed by atoms with van der Waals surface area (Å²) in [6, 6.07) is 7.85. The Balaban J connectivity index is 2.04. The van der Waals surface area contributed by atoms with Gasteiger partial charge in [0.2, 0.25) is 0 Å². The molecule has 0 bridgehead atoms. The molecule has 0 fully saturated rings. The van der Waals surface area contributed by atoms with Crippen molar-refractivity contribution >= 4 is 15.7 Å². The number of benzene rings is 1. The molecule has 112 valence electrons. The Morgan fingerprint density at radius 1 is 1.43 bits per heavy atom. The molecule has 7 heteroatoms. The van der Waals surface area contributed by atoms with E-state index >= 15 is 0 Å². The van der Waals surface area contributed by atoms with Gasteiger partial charge in [-0.3, -0.25) is 9.40 Å². The summed E-state index contributed by atoms with van der Waals surface area (Å²) in [5.41, 5.74) is 1.77. The molecule has 2 heterocycles. The molecule has 21 heavy (non-hydrogen) atoms. The summed E-state index contributed by atoms with van der Waals surface area (Å²) in [5, 5.41) is 9.71. The van der Waals surface area contributed by atoms with Crippen LogP contribution >= 0.6 is 0 Å². The first kappa shape index (κ1) is 14.1. The van der Waals surface area contributed by atoms with Crippen LogP contribution in [0.4, 0.5) is 5.69 Å². The van der Waals surface area contributed by atoms with E-state index in [0.717, 1.165) is 24.2 Å². The third-order valence-corrected chi connectivity index (χ3v) is 5.49. The highest BCUT2D eigenvalue weighted by Gasteiger charge is 2.32. The third kappa shape index (κ3) is 2.43. The first-order valence-corrected chi connectivity index (χ1v) is 8.42. The van der Waals surface area contributed by atoms with Gasteiger partial charge >= 0.3 is 0 Å². The second-order valence-electron chi connectivity index (χ2n) is 4.97. The molecule has 0 saturated heterocycles. The molecule has 1 aliphatic rings. The molecule has 2 aromatic rings. The normalized spacial score (nSPS) is 18.5. The SMILES string of the molecule is CCNC1CCN(S(=O)(=O)c2cn[nH]c2)c2ccccc21. The van der Waals surface area contributed by atoms with Crippen LogP contribution in [0, 0.1) is 0 Å². The van der Waals surface area contributed by atoms with Gasteiger partial charge in [0.1, 0.15) is 4.90 Å². The number of sulfonamides is 1. The number of hydrogen-bond acceptors (Lipinski definition) is 4. The third-order valence-electron chi connectivity index (χ3n) is 3.71. The number of para-hydroxylation sites is 1. The van der Waals surface area contributed by atoms with Crippen molar-refractivity contribution in [1.29, 1.82) is 0 Å². The molecule has 1 aliphatic heterocycles. The number of nitrogens with zero attached hydrogens (tertiary/aromatic N) is 2. The topological polar surface area (TPSA) is 78.1 Å². The summed E-state index contributed by atoms with van der Waals surface area (Å²) in [4.78, 5) is 0.194. The van der Waals surface area contributed by atoms with Gasteiger partial charge in [-0.25, -0.2) is 8.42 Å². The standard InChI is InChI=1S/C14H18N4O2S/c1-2-15-13-7-8-18(14-6-4-3-5-12(13)14)21(19,20)11-9-16-17-10-11/h3-6,9-10,13,15H,2,7-8H2,1H3,(H,16,17). The summed E-state index contributed by atoms with van der Waals surface area (Å²) in [6.07, 6.45) is 3.50. The van der Waals surface area contributed by atoms with Crippen molar-refractivity contribution in [3.8, 4) is 0 Å². The number of rotatable bonds is 4. The van der Waals surface area contributed by atoms with Gasteiger partial charge in [0, 0.05) is 18.8 Å². The summed E-state index contributed by atoms with van der Waals surface area (Å²) in [7, 11) is -3.56. The first-order valence-electron chi connectivity index (χ1n) is 6.98. The molecule has 1 unspecified atom stereocenters. The lowest BCUT2D eigenvalue weighted by Gasteiger charge is -2.34. The molecule has 6 nitrogen and oxygen atoms in total. The molecule has 0 aliphatic carbocycles. The lowest BCUT2D eigenvalue weighted by Crippen LogP contribution is -2.39. The molecule has 1 atom stereocenters. The lowest BCUT2D eigenvalue weighted by atomic mass is 9.98. The maximum Gasteiger partial charge on any atom is 0.267 e. The smallest absolute Gasteiger partial charge is 0.267 e. The zero-order chi connectivity index (χ0) is 14.9. The van der Waals surface area contributed by atoms with E-state index in [2.05, 4.69) is 22.4 Å². The zero-order valence-corrected chi connectivity index (χ0v) is 12.6. The number of anilines is 1. The highest BCUT2D eigenvalue weighted by Crippen LogP contribution is 2.36. The van der Waals surface area contributed by atoms with Gasteiger partial charge in [-0.05, 0) is 24.6 Å². The maximum absolute atomic E-state index is 12.7. The van der Waals surface area contributed by atoms with E-state index in [1.807, 2.05) is 24.3 Å². The Bertz CT molecular complexity index is 712. The van der Waals surface area contributed by atoms with E-state index in [4.69, 9.17) is 0 Å². The molecule has 0 radical (unpaired) electrons. The van der Waals surface area contributed by atoms with Crippen molar-refractivity contribution in [1.82, 2.24) is 15.5 Å². The average molecular weight is 306 g/mol. The number of nitrogens with one attached hydrogen (secondary N) is 2. The second-order valence-corrected chi connectivity index (χ2v) is 6.83. The summed E-state index contributed by atoms with van der Waals surface area (Å²) in [6.45, 7) is 3.37. The number of fused-ring (bicyclic) bond motifs is 1. The molecule has 3 rings (SSSR count). The molecule has 0 amide bonds. The highest BCUT2D eigenvalue weighted by atomic mass is 32.2. The maximum atomic E-state index is 12.7. The van der Waals surface area contributed by atoms with E-state index in [0.29, 0.717) is 6.54 Å². The molecule has 0 saturated carbocycles. The van der Waals surface area contributed by atoms with Crippen molar-refractivity contribution in [2.24, 2.45) is 0 Å². The van der Waals surface area contributed by atoms with Gasteiger partial charge < -0.3 is 5.32 Å². The van der Waals surface area contributed by atoms with Crippen molar-refractivity contribution < 1.29 is 8.42 Å². The fourth-order valence-electron chi connectivity index (χ4n) is 2.75. The van der Waals surface area contributed by atoms with Gasteiger partial charge in [0.05, 0.1) is 11.9 Å². The van der Waals surface area contributed by atoms with Crippen LogP contribution in [0.1, 0.15) is 24.9 Å². The van der Waals surface area contributed by atoms with Crippen molar-refractivity contribution in [3.63, 3.8) is 0 Å². The molecule has 1 aromatic carbocycles. The van der Waals surface area contributed by atoms with Crippen LogP contribution in [0.5, 0.6) is 0 Å². The van der Waals surface area contributed by atoms with E-state index in [9.17, 15) is 8.42 Å². The quantitative estimate of drug-likeness (QED) is 0.900. The van der Waals surface area contributed by atoms with E-state index < -0.39 is 10.0 Å². The lowest BCUT2D eigenvalue weighted by molar-refractivity contribution is 0.502. The Morgan fingerprint density at radius 3 is 2.95 bits per heavy atom. The Hall–Kier alpha value is -1.86. The predicted molar refractivity (Wildman–Crippen MR) is 80.6 cm³/mol. The molecule has 0 spiro atoms. The first-order chi connectivity index (χ1) is 10.1. The number of H-pyrrole nitrogens is 1. The van der Waals surface area contributed by atoms with Crippen molar-refractivity contribution in [2.75, 3.05) is 17.4 Å². The van der Waals surface area contributed by atoms with Crippen LogP contribution in [-0.2, 0) is 10.0 Å². The average Bonchev–Trinajstić information content (AvgIpc) is 3.02. The minimum absolute atomic E-state index is 0.194. The molecular weight excluding hydrogens is 288 g/mol. The van der Waals surface area contributed by atoms with Gasteiger partial charge in [-0.1, -0.05) is 25.1 Å². The van der Waals surface area contributed by atoms with Gasteiger partial charge in [-0.2, -0.15) is 5.10 Å². The Morgan fingerprint density at radius 2 is 2.24 bits per heavy atom. The van der Waals surface area contributed by atoms with Crippen LogP contribution in [0.3, 0.4) is 0 Å². The number of hydrogen-bond donors (Lipinski definition) is 2. The monoisotopic (exact) mass is 306 g/mol. The van der Waals surface area contributed by atoms with Crippen LogP contribution < -0.4 is 9.62 Å². The highest BCUT2D eigenvalue weighted by molar-refractivity contribution is 7.92. The van der Waals surface area contributed by atoms with Crippen LogP contribution in [0.15, 0.2) is 41.6 Å². The van der Waals surface area contributed by atoms with Crippen LogP contribution in [-0.4, -0.2) is 31.7 Å². The van der Waals surface area contributed by atoms with E-state index in [1.54, 1.807) is 0 Å². The predicted octanol–water partition coefficient (Wildman–Crippen LogP) is 1.66. The fraction of sp³-hybridized carbons (Fsp3) is 0.357. The van der Waals surface area contributed by atoms with Crippen molar-refractivity contribution in [2.45, 2.75) is 24.3 Å². The largest absolute Gasteiger partial charge is 0.310 e. The van der Waals surface area contributed by atoms with E-state index in [-0.39, 0.29) is 10.9 Å². The van der Waals surface area contributed by atoms with Crippen LogP contribution in [0.2, 0.25) is 0 Å². The Labute approximate surface area is 124 Å². The second kappa shape index (κ2) is 5.50. The molecule has 2 N–H and O–H groups in total. The summed E-state index contributed by atoms with van der Waals surface area (Å²) < 4.78 is 26.9. The van der Waals surface area contributed by atoms with Gasteiger partial charge in [0.25, 0.3) is 10.0 Å². The zero-order valence-electron chi connectivity index (χ0n) is 11.8. The summed E-state index contributed by atoms with van der Waals surface area (Å²) >= 11 is 0. The van der Waals surface area contributed by atoms with Gasteiger partial charge in [0.15, 0.2) is 0 Å². The molecular formula is C14H18N4O2S. The number of aromatic amines is 1. The van der Waals surface area contributed by atoms with E-state index in [1.165, 1.54) is 16.7 Å². The fourth-order valence-corrected chi connectivity index (χ4v) is 4.16. The number of aromatic nitrogens is 2. The minimum Gasteiger partial charge on any atom is -0.310 e.